The first-order valence-corrected chi connectivity index (χ1v) is 15.2. The van der Waals surface area contributed by atoms with Crippen LogP contribution in [-0.4, -0.2) is 76.9 Å². The molecule has 0 aliphatic heterocycles. The molecular formula is C36H28Na2O16. The Morgan fingerprint density at radius 3 is 1.50 bits per heavy atom. The van der Waals surface area contributed by atoms with E-state index in [2.05, 4.69) is 0 Å². The van der Waals surface area contributed by atoms with Crippen LogP contribution in [0.1, 0.15) is 33.7 Å². The van der Waals surface area contributed by atoms with Crippen molar-refractivity contribution in [1.29, 1.82) is 0 Å². The van der Waals surface area contributed by atoms with Crippen molar-refractivity contribution in [2.75, 3.05) is 0 Å². The van der Waals surface area contributed by atoms with E-state index in [4.69, 9.17) is 9.47 Å². The van der Waals surface area contributed by atoms with E-state index < -0.39 is 112 Å². The van der Waals surface area contributed by atoms with Crippen LogP contribution in [0.2, 0.25) is 0 Å². The Kier molecular flexibility index (Phi) is 14.3. The minimum atomic E-state index is -2.09. The zero-order valence-electron chi connectivity index (χ0n) is 28.5. The van der Waals surface area contributed by atoms with E-state index in [9.17, 15) is 70.2 Å². The fourth-order valence-electron chi connectivity index (χ4n) is 5.75. The minimum Gasteiger partial charge on any atom is -0.546 e. The number of ether oxygens (including phenoxy) is 2. The summed E-state index contributed by atoms with van der Waals surface area (Å²) in [6.45, 7) is 0. The number of phenols is 8. The van der Waals surface area contributed by atoms with Crippen LogP contribution in [0.15, 0.2) is 72.3 Å². The van der Waals surface area contributed by atoms with Crippen LogP contribution in [0.3, 0.4) is 0 Å². The minimum absolute atomic E-state index is 0. The molecular weight excluding hydrogens is 734 g/mol. The standard InChI is InChI=1S/C36H30O16.2Na/c37-21-4-1-15(7-24(21)40)9-29(33(45)46)51-35(49)20-11-18-13-27(43)28(44)14-19(18)31(17-3-6-23(39)26(42)12-17)32(20)36(50)52-30(34(47)48)10-16-2-5-22(38)25(41)8-16;;/h1-8,11-14,29-32,37-44H,9-10H2,(H,45,46)(H,47,48);;/q;2*+1/p-2/t29-,30-,31-,32?;;/m1../s1. The van der Waals surface area contributed by atoms with Crippen molar-refractivity contribution in [2.24, 2.45) is 5.92 Å². The van der Waals surface area contributed by atoms with Gasteiger partial charge in [0.25, 0.3) is 0 Å². The summed E-state index contributed by atoms with van der Waals surface area (Å²) in [7, 11) is 0. The number of esters is 2. The van der Waals surface area contributed by atoms with Crippen LogP contribution in [0.4, 0.5) is 0 Å². The van der Waals surface area contributed by atoms with E-state index in [1.165, 1.54) is 18.2 Å². The normalized spacial score (nSPS) is 15.5. The van der Waals surface area contributed by atoms with Gasteiger partial charge in [-0.2, -0.15) is 0 Å². The Morgan fingerprint density at radius 2 is 1.02 bits per heavy atom. The topological polar surface area (TPSA) is 295 Å². The third kappa shape index (κ3) is 9.52. The molecule has 0 saturated heterocycles. The quantitative estimate of drug-likeness (QED) is 0.0401. The molecule has 0 aromatic heterocycles. The molecule has 1 unspecified atom stereocenters. The molecule has 0 saturated carbocycles. The van der Waals surface area contributed by atoms with E-state index in [-0.39, 0.29) is 86.9 Å². The summed E-state index contributed by atoms with van der Waals surface area (Å²) in [5.74, 6) is -15.1. The second-order valence-electron chi connectivity index (χ2n) is 11.8. The fourth-order valence-corrected chi connectivity index (χ4v) is 5.75. The number of rotatable bonds is 11. The molecule has 1 aliphatic rings. The molecule has 0 radical (unpaired) electrons. The van der Waals surface area contributed by atoms with Crippen molar-refractivity contribution < 1.29 is 139 Å². The molecule has 0 fully saturated rings. The summed E-state index contributed by atoms with van der Waals surface area (Å²) in [5, 5.41) is 104. The van der Waals surface area contributed by atoms with Crippen molar-refractivity contribution in [2.45, 2.75) is 31.0 Å². The number of phenolic OH excluding ortho intramolecular Hbond substituents is 8. The van der Waals surface area contributed by atoms with Crippen LogP contribution in [0, 0.1) is 5.92 Å². The molecule has 5 rings (SSSR count). The number of fused-ring (bicyclic) bond motifs is 1. The summed E-state index contributed by atoms with van der Waals surface area (Å²) >= 11 is 0. The van der Waals surface area contributed by atoms with Crippen molar-refractivity contribution in [3.8, 4) is 46.0 Å². The number of benzene rings is 4. The average molecular weight is 763 g/mol. The molecule has 18 heteroatoms. The summed E-state index contributed by atoms with van der Waals surface area (Å²) in [5.41, 5.74) is -0.535. The van der Waals surface area contributed by atoms with E-state index in [1.54, 1.807) is 0 Å². The molecule has 54 heavy (non-hydrogen) atoms. The Hall–Kier alpha value is -5.10. The van der Waals surface area contributed by atoms with Gasteiger partial charge in [-0.25, -0.2) is 4.79 Å². The Balaban J connectivity index is 0.00000392. The van der Waals surface area contributed by atoms with Gasteiger partial charge in [0, 0.05) is 18.8 Å². The molecule has 4 aromatic rings. The monoisotopic (exact) mass is 762 g/mol. The predicted octanol–water partition coefficient (Wildman–Crippen LogP) is -5.71. The summed E-state index contributed by atoms with van der Waals surface area (Å²) < 4.78 is 10.6. The number of hydrogen-bond acceptors (Lipinski definition) is 16. The molecule has 16 nitrogen and oxygen atoms in total. The van der Waals surface area contributed by atoms with Gasteiger partial charge >= 0.3 is 71.1 Å². The van der Waals surface area contributed by atoms with Crippen molar-refractivity contribution in [3.05, 3.63) is 100 Å². The molecule has 0 amide bonds. The molecule has 4 aromatic carbocycles. The van der Waals surface area contributed by atoms with Crippen molar-refractivity contribution >= 4 is 30.0 Å². The first-order valence-electron chi connectivity index (χ1n) is 15.2. The SMILES string of the molecule is O=C(O[C@H](Cc1ccc(O)c(O)c1)C(=O)[O-])C1=Cc2cc(O)c(O)cc2[C@@H](c2ccc(O)c(O)c2)C1C(=O)O[C@H](Cc1ccc(O)c(O)c1)C(=O)[O-].[Na+].[Na+]. The molecule has 8 N–H and O–H groups in total. The van der Waals surface area contributed by atoms with Crippen LogP contribution in [-0.2, 0) is 41.5 Å². The second kappa shape index (κ2) is 17.8. The van der Waals surface area contributed by atoms with Crippen LogP contribution in [0.5, 0.6) is 46.0 Å². The maximum Gasteiger partial charge on any atom is 1.00 e. The third-order valence-corrected chi connectivity index (χ3v) is 8.30. The molecule has 0 spiro atoms. The van der Waals surface area contributed by atoms with Gasteiger partial charge in [0.2, 0.25) is 0 Å². The smallest absolute Gasteiger partial charge is 0.546 e. The number of hydrogen-bond donors (Lipinski definition) is 8. The van der Waals surface area contributed by atoms with Crippen LogP contribution >= 0.6 is 0 Å². The van der Waals surface area contributed by atoms with Crippen LogP contribution < -0.4 is 69.3 Å². The summed E-state index contributed by atoms with van der Waals surface area (Å²) in [6, 6.07) is 11.8. The van der Waals surface area contributed by atoms with Crippen LogP contribution in [0.25, 0.3) is 6.08 Å². The number of carboxylic acid groups (broad SMARTS) is 2. The Bertz CT molecular complexity index is 2130. The zero-order valence-corrected chi connectivity index (χ0v) is 32.5. The first kappa shape index (κ1) is 43.3. The van der Waals surface area contributed by atoms with Crippen molar-refractivity contribution in [3.63, 3.8) is 0 Å². The predicted molar refractivity (Wildman–Crippen MR) is 170 cm³/mol. The van der Waals surface area contributed by atoms with Gasteiger partial charge in [-0.1, -0.05) is 18.2 Å². The largest absolute Gasteiger partial charge is 1.00 e. The second-order valence-corrected chi connectivity index (χ2v) is 11.8. The average Bonchev–Trinajstić information content (AvgIpc) is 3.08. The van der Waals surface area contributed by atoms with Gasteiger partial charge in [-0.3, -0.25) is 4.79 Å². The van der Waals surface area contributed by atoms with Crippen molar-refractivity contribution in [1.82, 2.24) is 0 Å². The van der Waals surface area contributed by atoms with Gasteiger partial charge in [0.1, 0.15) is 12.2 Å². The van der Waals surface area contributed by atoms with Gasteiger partial charge in [-0.05, 0) is 82.4 Å². The number of aliphatic carboxylic acids is 2. The molecule has 270 valence electrons. The van der Waals surface area contributed by atoms with Gasteiger partial charge in [0.05, 0.1) is 23.4 Å². The number of carbonyl (C=O) groups is 4. The van der Waals surface area contributed by atoms with Gasteiger partial charge in [0.15, 0.2) is 46.0 Å². The Labute approximate surface area is 349 Å². The maximum absolute atomic E-state index is 14.2. The molecule has 0 bridgehead atoms. The van der Waals surface area contributed by atoms with E-state index in [1.807, 2.05) is 0 Å². The molecule has 1 aliphatic carbocycles. The van der Waals surface area contributed by atoms with Gasteiger partial charge < -0.3 is 70.1 Å². The zero-order chi connectivity index (χ0) is 38.0. The fraction of sp³-hybridized carbons (Fsp3) is 0.167. The number of carbonyl (C=O) groups excluding carboxylic acids is 4. The Morgan fingerprint density at radius 1 is 0.574 bits per heavy atom. The number of carboxylic acids is 2. The summed E-state index contributed by atoms with van der Waals surface area (Å²) in [4.78, 5) is 52.4. The third-order valence-electron chi connectivity index (χ3n) is 8.30. The molecule has 0 heterocycles. The first-order chi connectivity index (χ1) is 24.5. The van der Waals surface area contributed by atoms with E-state index in [0.717, 1.165) is 54.6 Å². The number of aromatic hydroxyl groups is 8. The molecule has 4 atom stereocenters. The van der Waals surface area contributed by atoms with E-state index >= 15 is 0 Å². The summed E-state index contributed by atoms with van der Waals surface area (Å²) in [6.07, 6.45) is -4.37. The maximum atomic E-state index is 14.2. The van der Waals surface area contributed by atoms with Gasteiger partial charge in [-0.15, -0.1) is 0 Å². The van der Waals surface area contributed by atoms with E-state index in [0.29, 0.717) is 0 Å².